The number of aromatic nitrogens is 1. The zero-order chi connectivity index (χ0) is 11.4. The Bertz CT molecular complexity index is 425. The Balaban J connectivity index is 1.93. The van der Waals surface area contributed by atoms with Crippen molar-refractivity contribution in [2.45, 2.75) is 19.5 Å². The van der Waals surface area contributed by atoms with E-state index in [4.69, 9.17) is 4.52 Å². The number of benzene rings is 1. The van der Waals surface area contributed by atoms with E-state index in [1.165, 1.54) is 5.56 Å². The predicted octanol–water partition coefficient (Wildman–Crippen LogP) is 3.29. The summed E-state index contributed by atoms with van der Waals surface area (Å²) in [6, 6.07) is 10.4. The fourth-order valence-electron chi connectivity index (χ4n) is 1.46. The minimum absolute atomic E-state index is 0.290. The van der Waals surface area contributed by atoms with Gasteiger partial charge in [0.1, 0.15) is 5.76 Å². The molecular formula is C12H13BrN2O. The number of halogens is 1. The highest BCUT2D eigenvalue weighted by Gasteiger charge is 2.05. The second-order valence-corrected chi connectivity index (χ2v) is 4.55. The summed E-state index contributed by atoms with van der Waals surface area (Å²) in [5.74, 6) is 0.851. The van der Waals surface area contributed by atoms with Crippen LogP contribution >= 0.6 is 15.9 Å². The van der Waals surface area contributed by atoms with Crippen LogP contribution in [0.25, 0.3) is 0 Å². The average molecular weight is 281 g/mol. The molecule has 1 heterocycles. The molecule has 0 saturated heterocycles. The normalized spacial score (nSPS) is 12.6. The molecule has 16 heavy (non-hydrogen) atoms. The highest BCUT2D eigenvalue weighted by molar-refractivity contribution is 9.10. The second-order valence-electron chi connectivity index (χ2n) is 3.63. The topological polar surface area (TPSA) is 38.1 Å². The first-order valence-electron chi connectivity index (χ1n) is 5.14. The molecule has 0 spiro atoms. The van der Waals surface area contributed by atoms with Crippen molar-refractivity contribution in [1.29, 1.82) is 0 Å². The molecule has 0 saturated carbocycles. The molecule has 84 valence electrons. The Hall–Kier alpha value is -1.13. The SMILES string of the molecule is CC(NCc1ccno1)c1ccc(Br)cc1. The summed E-state index contributed by atoms with van der Waals surface area (Å²) in [7, 11) is 0. The van der Waals surface area contributed by atoms with Gasteiger partial charge in [-0.2, -0.15) is 0 Å². The molecule has 3 nitrogen and oxygen atoms in total. The van der Waals surface area contributed by atoms with Crippen molar-refractivity contribution >= 4 is 15.9 Å². The molecule has 1 N–H and O–H groups in total. The van der Waals surface area contributed by atoms with Gasteiger partial charge < -0.3 is 9.84 Å². The van der Waals surface area contributed by atoms with Gasteiger partial charge in [-0.1, -0.05) is 33.2 Å². The summed E-state index contributed by atoms with van der Waals surface area (Å²) in [4.78, 5) is 0. The van der Waals surface area contributed by atoms with Gasteiger partial charge in [-0.15, -0.1) is 0 Å². The van der Waals surface area contributed by atoms with Crippen LogP contribution < -0.4 is 5.32 Å². The lowest BCUT2D eigenvalue weighted by atomic mass is 10.1. The molecule has 0 bridgehead atoms. The fraction of sp³-hybridized carbons (Fsp3) is 0.250. The Morgan fingerprint density at radius 2 is 2.06 bits per heavy atom. The van der Waals surface area contributed by atoms with Crippen molar-refractivity contribution in [2.24, 2.45) is 0 Å². The van der Waals surface area contributed by atoms with Gasteiger partial charge in [-0.05, 0) is 24.6 Å². The maximum atomic E-state index is 5.02. The number of nitrogens with zero attached hydrogens (tertiary/aromatic N) is 1. The van der Waals surface area contributed by atoms with Crippen molar-refractivity contribution in [3.05, 3.63) is 52.3 Å². The number of nitrogens with one attached hydrogen (secondary N) is 1. The van der Waals surface area contributed by atoms with Gasteiger partial charge in [0.25, 0.3) is 0 Å². The third kappa shape index (κ3) is 2.93. The summed E-state index contributed by atoms with van der Waals surface area (Å²) in [6.07, 6.45) is 1.65. The van der Waals surface area contributed by atoms with E-state index in [0.29, 0.717) is 12.6 Å². The Kier molecular flexibility index (Phi) is 3.74. The molecule has 2 aromatic rings. The fourth-order valence-corrected chi connectivity index (χ4v) is 1.72. The van der Waals surface area contributed by atoms with E-state index in [9.17, 15) is 0 Å². The molecule has 2 rings (SSSR count). The molecule has 0 fully saturated rings. The third-order valence-corrected chi connectivity index (χ3v) is 2.97. The lowest BCUT2D eigenvalue weighted by Gasteiger charge is -2.12. The molecule has 0 radical (unpaired) electrons. The maximum absolute atomic E-state index is 5.02. The molecule has 0 aliphatic heterocycles. The van der Waals surface area contributed by atoms with E-state index >= 15 is 0 Å². The van der Waals surface area contributed by atoms with Gasteiger partial charge >= 0.3 is 0 Å². The average Bonchev–Trinajstić information content (AvgIpc) is 2.80. The first-order chi connectivity index (χ1) is 7.75. The van der Waals surface area contributed by atoms with E-state index < -0.39 is 0 Å². The van der Waals surface area contributed by atoms with Crippen molar-refractivity contribution in [3.8, 4) is 0 Å². The van der Waals surface area contributed by atoms with E-state index in [-0.39, 0.29) is 0 Å². The van der Waals surface area contributed by atoms with Gasteiger partial charge in [0.15, 0.2) is 0 Å². The van der Waals surface area contributed by atoms with Gasteiger partial charge in [-0.3, -0.25) is 0 Å². The second kappa shape index (κ2) is 5.27. The highest BCUT2D eigenvalue weighted by Crippen LogP contribution is 2.16. The van der Waals surface area contributed by atoms with E-state index in [1.807, 2.05) is 18.2 Å². The number of hydrogen-bond donors (Lipinski definition) is 1. The Morgan fingerprint density at radius 1 is 1.31 bits per heavy atom. The van der Waals surface area contributed by atoms with E-state index in [1.54, 1.807) is 6.20 Å². The first-order valence-corrected chi connectivity index (χ1v) is 5.93. The van der Waals surface area contributed by atoms with Crippen LogP contribution in [0.15, 0.2) is 45.5 Å². The lowest BCUT2D eigenvalue weighted by molar-refractivity contribution is 0.366. The van der Waals surface area contributed by atoms with Crippen molar-refractivity contribution < 1.29 is 4.52 Å². The summed E-state index contributed by atoms with van der Waals surface area (Å²) in [5, 5.41) is 7.03. The number of hydrogen-bond acceptors (Lipinski definition) is 3. The molecular weight excluding hydrogens is 268 g/mol. The predicted molar refractivity (Wildman–Crippen MR) is 65.9 cm³/mol. The zero-order valence-electron chi connectivity index (χ0n) is 8.98. The third-order valence-electron chi connectivity index (χ3n) is 2.44. The van der Waals surface area contributed by atoms with Crippen LogP contribution in [-0.4, -0.2) is 5.16 Å². The minimum Gasteiger partial charge on any atom is -0.360 e. The monoisotopic (exact) mass is 280 g/mol. The van der Waals surface area contributed by atoms with Crippen LogP contribution in [0.5, 0.6) is 0 Å². The van der Waals surface area contributed by atoms with Gasteiger partial charge in [0, 0.05) is 16.6 Å². The van der Waals surface area contributed by atoms with E-state index in [0.717, 1.165) is 10.2 Å². The molecule has 1 aromatic carbocycles. The molecule has 4 heteroatoms. The van der Waals surface area contributed by atoms with Crippen LogP contribution in [0.3, 0.4) is 0 Å². The first kappa shape index (κ1) is 11.4. The van der Waals surface area contributed by atoms with Crippen molar-refractivity contribution in [3.63, 3.8) is 0 Å². The molecule has 1 aromatic heterocycles. The molecule has 1 atom stereocenters. The molecule has 0 aliphatic rings. The van der Waals surface area contributed by atoms with Crippen LogP contribution in [0, 0.1) is 0 Å². The molecule has 1 unspecified atom stereocenters. The van der Waals surface area contributed by atoms with Gasteiger partial charge in [0.05, 0.1) is 12.7 Å². The van der Waals surface area contributed by atoms with Crippen molar-refractivity contribution in [1.82, 2.24) is 10.5 Å². The Labute approximate surface area is 103 Å². The quantitative estimate of drug-likeness (QED) is 0.934. The lowest BCUT2D eigenvalue weighted by Crippen LogP contribution is -2.17. The zero-order valence-corrected chi connectivity index (χ0v) is 10.6. The summed E-state index contributed by atoms with van der Waals surface area (Å²) in [5.41, 5.74) is 1.25. The van der Waals surface area contributed by atoms with Crippen molar-refractivity contribution in [2.75, 3.05) is 0 Å². The smallest absolute Gasteiger partial charge is 0.150 e. The maximum Gasteiger partial charge on any atom is 0.150 e. The van der Waals surface area contributed by atoms with Gasteiger partial charge in [0.2, 0.25) is 0 Å². The largest absolute Gasteiger partial charge is 0.360 e. The van der Waals surface area contributed by atoms with Gasteiger partial charge in [-0.25, -0.2) is 0 Å². The summed E-state index contributed by atoms with van der Waals surface area (Å²) >= 11 is 3.42. The standard InChI is InChI=1S/C12H13BrN2O/c1-9(10-2-4-11(13)5-3-10)14-8-12-6-7-15-16-12/h2-7,9,14H,8H2,1H3. The van der Waals surface area contributed by atoms with Crippen LogP contribution in [0.4, 0.5) is 0 Å². The minimum atomic E-state index is 0.290. The highest BCUT2D eigenvalue weighted by atomic mass is 79.9. The summed E-state index contributed by atoms with van der Waals surface area (Å²) in [6.45, 7) is 2.82. The van der Waals surface area contributed by atoms with Crippen LogP contribution in [-0.2, 0) is 6.54 Å². The molecule has 0 aliphatic carbocycles. The molecule has 0 amide bonds. The van der Waals surface area contributed by atoms with Crippen LogP contribution in [0.2, 0.25) is 0 Å². The Morgan fingerprint density at radius 3 is 2.69 bits per heavy atom. The summed E-state index contributed by atoms with van der Waals surface area (Å²) < 4.78 is 6.11. The van der Waals surface area contributed by atoms with E-state index in [2.05, 4.69) is 45.5 Å². The van der Waals surface area contributed by atoms with Crippen LogP contribution in [0.1, 0.15) is 24.3 Å². The number of rotatable bonds is 4.